The van der Waals surface area contributed by atoms with Gasteiger partial charge in [0.2, 0.25) is 0 Å². The Labute approximate surface area is 209 Å². The van der Waals surface area contributed by atoms with Crippen LogP contribution in [0.4, 0.5) is 15.0 Å². The second-order valence-electron chi connectivity index (χ2n) is 10.0. The van der Waals surface area contributed by atoms with Crippen molar-refractivity contribution in [2.45, 2.75) is 51.8 Å². The van der Waals surface area contributed by atoms with Gasteiger partial charge in [-0.05, 0) is 39.8 Å². The van der Waals surface area contributed by atoms with E-state index in [1.807, 2.05) is 12.1 Å². The first-order valence-electron chi connectivity index (χ1n) is 11.9. The Bertz CT molecular complexity index is 1260. The van der Waals surface area contributed by atoms with E-state index in [4.69, 9.17) is 9.72 Å². The van der Waals surface area contributed by atoms with Crippen LogP contribution in [0.25, 0.3) is 16.9 Å². The summed E-state index contributed by atoms with van der Waals surface area (Å²) < 4.78 is 22.9. The molecule has 3 aromatic rings. The van der Waals surface area contributed by atoms with Crippen LogP contribution in [0, 0.1) is 6.92 Å². The number of anilines is 1. The van der Waals surface area contributed by atoms with Gasteiger partial charge in [-0.1, -0.05) is 0 Å². The van der Waals surface area contributed by atoms with Gasteiger partial charge in [-0.3, -0.25) is 14.2 Å². The second-order valence-corrected chi connectivity index (χ2v) is 10.0. The van der Waals surface area contributed by atoms with Crippen molar-refractivity contribution in [3.63, 3.8) is 0 Å². The molecule has 0 aliphatic carbocycles. The highest BCUT2D eigenvalue weighted by Gasteiger charge is 2.37. The summed E-state index contributed by atoms with van der Waals surface area (Å²) in [6.07, 6.45) is 5.03. The fraction of sp³-hybridized carbons (Fsp3) is 0.480. The molecule has 0 radical (unpaired) electrons. The number of hydrogen-bond donors (Lipinski definition) is 2. The quantitative estimate of drug-likeness (QED) is 0.554. The molecule has 3 aromatic heterocycles. The van der Waals surface area contributed by atoms with Crippen molar-refractivity contribution in [3.8, 4) is 11.3 Å². The first kappa shape index (κ1) is 25.3. The number of likely N-dealkylation sites (tertiary alicyclic amines) is 1. The van der Waals surface area contributed by atoms with Gasteiger partial charge in [-0.15, -0.1) is 0 Å². The highest BCUT2D eigenvalue weighted by molar-refractivity contribution is 5.94. The molecule has 2 amide bonds. The Morgan fingerprint density at radius 3 is 2.44 bits per heavy atom. The lowest BCUT2D eigenvalue weighted by molar-refractivity contribution is 0.00574. The van der Waals surface area contributed by atoms with E-state index in [-0.39, 0.29) is 44.1 Å². The van der Waals surface area contributed by atoms with Gasteiger partial charge in [0.25, 0.3) is 5.91 Å². The maximum absolute atomic E-state index is 15.8. The molecule has 0 saturated carbocycles. The minimum absolute atomic E-state index is 0.0150. The molecule has 36 heavy (non-hydrogen) atoms. The number of rotatable bonds is 5. The summed E-state index contributed by atoms with van der Waals surface area (Å²) in [5, 5.41) is 5.74. The number of piperidine rings is 1. The summed E-state index contributed by atoms with van der Waals surface area (Å²) in [5.41, 5.74) is 0.651. The van der Waals surface area contributed by atoms with Crippen molar-refractivity contribution in [3.05, 3.63) is 42.1 Å². The number of amides is 2. The topological polar surface area (TPSA) is 114 Å². The fourth-order valence-corrected chi connectivity index (χ4v) is 4.11. The summed E-state index contributed by atoms with van der Waals surface area (Å²) in [6, 6.07) is 3.65. The molecule has 11 heteroatoms. The predicted octanol–water partition coefficient (Wildman–Crippen LogP) is 3.61. The summed E-state index contributed by atoms with van der Waals surface area (Å²) in [5.74, 6) is 0.0539. The van der Waals surface area contributed by atoms with E-state index >= 15 is 4.39 Å². The minimum Gasteiger partial charge on any atom is -0.444 e. The predicted molar refractivity (Wildman–Crippen MR) is 134 cm³/mol. The summed E-state index contributed by atoms with van der Waals surface area (Å²) >= 11 is 0. The molecule has 1 aliphatic heterocycles. The lowest BCUT2D eigenvalue weighted by Crippen LogP contribution is -2.48. The van der Waals surface area contributed by atoms with Crippen LogP contribution in [0.3, 0.4) is 0 Å². The van der Waals surface area contributed by atoms with Gasteiger partial charge in [-0.25, -0.2) is 19.2 Å². The Balaban J connectivity index is 1.58. The molecule has 0 aromatic carbocycles. The van der Waals surface area contributed by atoms with Crippen molar-refractivity contribution >= 4 is 23.5 Å². The molecule has 1 fully saturated rings. The Morgan fingerprint density at radius 2 is 1.83 bits per heavy atom. The summed E-state index contributed by atoms with van der Waals surface area (Å²) in [7, 11) is 1.54. The van der Waals surface area contributed by atoms with Crippen LogP contribution in [-0.2, 0) is 4.74 Å². The van der Waals surface area contributed by atoms with E-state index in [2.05, 4.69) is 20.6 Å². The smallest absolute Gasteiger partial charge is 0.410 e. The third kappa shape index (κ3) is 5.39. The van der Waals surface area contributed by atoms with Crippen molar-refractivity contribution in [2.24, 2.45) is 0 Å². The molecule has 0 unspecified atom stereocenters. The number of imidazole rings is 1. The van der Waals surface area contributed by atoms with E-state index < -0.39 is 17.4 Å². The Hall–Kier alpha value is -3.76. The van der Waals surface area contributed by atoms with Crippen LogP contribution in [0.1, 0.15) is 49.8 Å². The summed E-state index contributed by atoms with van der Waals surface area (Å²) in [4.78, 5) is 39.5. The molecule has 1 aliphatic rings. The Morgan fingerprint density at radius 1 is 1.17 bits per heavy atom. The van der Waals surface area contributed by atoms with Gasteiger partial charge < -0.3 is 20.3 Å². The maximum Gasteiger partial charge on any atom is 0.410 e. The molecule has 4 heterocycles. The van der Waals surface area contributed by atoms with E-state index in [0.29, 0.717) is 22.9 Å². The number of ether oxygens (including phenoxy) is 1. The van der Waals surface area contributed by atoms with Crippen LogP contribution in [0.2, 0.25) is 0 Å². The zero-order valence-electron chi connectivity index (χ0n) is 21.3. The number of aryl methyl sites for hydroxylation is 1. The third-order valence-corrected chi connectivity index (χ3v) is 6.15. The average molecular weight is 498 g/mol. The van der Waals surface area contributed by atoms with Crippen molar-refractivity contribution in [1.29, 1.82) is 0 Å². The average Bonchev–Trinajstić information content (AvgIpc) is 3.18. The summed E-state index contributed by atoms with van der Waals surface area (Å²) in [6.45, 7) is 7.72. The number of carbonyl (C=O) groups excluding carboxylic acids is 2. The Kier molecular flexibility index (Phi) is 6.83. The number of fused-ring (bicyclic) bond motifs is 1. The number of alkyl halides is 1. The van der Waals surface area contributed by atoms with Crippen molar-refractivity contribution < 1.29 is 18.7 Å². The molecule has 0 spiro atoms. The van der Waals surface area contributed by atoms with E-state index in [9.17, 15) is 9.59 Å². The minimum atomic E-state index is -1.55. The van der Waals surface area contributed by atoms with Gasteiger partial charge in [0.05, 0.1) is 17.9 Å². The van der Waals surface area contributed by atoms with E-state index in [1.165, 1.54) is 4.90 Å². The molecule has 2 N–H and O–H groups in total. The van der Waals surface area contributed by atoms with Gasteiger partial charge in [0.1, 0.15) is 17.0 Å². The first-order chi connectivity index (χ1) is 17.0. The highest BCUT2D eigenvalue weighted by Crippen LogP contribution is 2.30. The molecular weight excluding hydrogens is 465 g/mol. The number of nitrogens with one attached hydrogen (secondary N) is 2. The molecule has 192 valence electrons. The largest absolute Gasteiger partial charge is 0.444 e. The number of hydrogen-bond acceptors (Lipinski definition) is 7. The molecule has 0 bridgehead atoms. The van der Waals surface area contributed by atoms with Crippen LogP contribution >= 0.6 is 0 Å². The third-order valence-electron chi connectivity index (χ3n) is 6.15. The van der Waals surface area contributed by atoms with E-state index in [0.717, 1.165) is 5.56 Å². The van der Waals surface area contributed by atoms with Gasteiger partial charge >= 0.3 is 6.09 Å². The number of halogens is 1. The molecule has 10 nitrogen and oxygen atoms in total. The number of aromatic nitrogens is 4. The van der Waals surface area contributed by atoms with Crippen molar-refractivity contribution in [2.75, 3.05) is 32.0 Å². The number of pyridine rings is 1. The van der Waals surface area contributed by atoms with Crippen LogP contribution in [0.15, 0.2) is 30.7 Å². The van der Waals surface area contributed by atoms with Crippen LogP contribution < -0.4 is 10.6 Å². The van der Waals surface area contributed by atoms with Gasteiger partial charge in [0, 0.05) is 57.1 Å². The fourth-order valence-electron chi connectivity index (χ4n) is 4.11. The zero-order valence-corrected chi connectivity index (χ0v) is 21.3. The monoisotopic (exact) mass is 497 g/mol. The lowest BCUT2D eigenvalue weighted by atomic mass is 9.93. The van der Waals surface area contributed by atoms with Crippen LogP contribution in [0.5, 0.6) is 0 Å². The van der Waals surface area contributed by atoms with E-state index in [1.54, 1.807) is 57.7 Å². The maximum atomic E-state index is 15.8. The van der Waals surface area contributed by atoms with Crippen LogP contribution in [-0.4, -0.2) is 74.2 Å². The second kappa shape index (κ2) is 9.71. The first-order valence-corrected chi connectivity index (χ1v) is 11.9. The molecule has 0 atom stereocenters. The SMILES string of the molecule is CNC(=O)c1nc2c(NCC3(F)CCN(C(=O)OC(C)(C)C)CC3)nc(-c3ccncc3)cn2c1C. The van der Waals surface area contributed by atoms with Gasteiger partial charge in [0.15, 0.2) is 11.5 Å². The highest BCUT2D eigenvalue weighted by atomic mass is 19.1. The number of nitrogens with zero attached hydrogens (tertiary/aromatic N) is 5. The molecular formula is C25H32FN7O3. The van der Waals surface area contributed by atoms with Gasteiger partial charge in [-0.2, -0.15) is 0 Å². The van der Waals surface area contributed by atoms with Crippen molar-refractivity contribution in [1.82, 2.24) is 29.6 Å². The zero-order chi connectivity index (χ0) is 26.1. The molecule has 4 rings (SSSR count). The standard InChI is InChI=1S/C25H32FN7O3/c1-16-19(22(34)27-5)31-21-20(30-18(14-33(16)21)17-6-10-28-11-7-17)29-15-25(26)8-12-32(13-9-25)23(35)36-24(2,3)4/h6-7,10-11,14H,8-9,12-13,15H2,1-5H3,(H,27,34)(H,29,30). The lowest BCUT2D eigenvalue weighted by Gasteiger charge is -2.37. The normalized spacial score (nSPS) is 15.6. The molecule has 1 saturated heterocycles. The number of carbonyl (C=O) groups is 2.